The van der Waals surface area contributed by atoms with Crippen LogP contribution in [0.1, 0.15) is 0 Å². The van der Waals surface area contributed by atoms with Crippen LogP contribution in [-0.2, 0) is 4.74 Å². The van der Waals surface area contributed by atoms with Crippen molar-refractivity contribution in [2.45, 2.75) is 30.7 Å². The summed E-state index contributed by atoms with van der Waals surface area (Å²) >= 11 is 0. The Hall–Kier alpha value is -1.70. The van der Waals surface area contributed by atoms with E-state index in [0.717, 1.165) is 10.8 Å². The molecule has 1 aliphatic heterocycles. The molecule has 0 saturated carbocycles. The first-order chi connectivity index (χ1) is 10.6. The summed E-state index contributed by atoms with van der Waals surface area (Å²) < 4.78 is 10.9. The van der Waals surface area contributed by atoms with Crippen LogP contribution in [0.15, 0.2) is 42.5 Å². The van der Waals surface area contributed by atoms with E-state index in [9.17, 15) is 15.3 Å². The normalized spacial score (nSPS) is 32.1. The van der Waals surface area contributed by atoms with Gasteiger partial charge in [-0.2, -0.15) is 0 Å². The summed E-state index contributed by atoms with van der Waals surface area (Å²) in [6.07, 6.45) is -6.40. The van der Waals surface area contributed by atoms with E-state index in [2.05, 4.69) is 0 Å². The van der Waals surface area contributed by atoms with Gasteiger partial charge in [-0.05, 0) is 22.9 Å². The van der Waals surface area contributed by atoms with Crippen LogP contribution in [0.4, 0.5) is 0 Å². The van der Waals surface area contributed by atoms with E-state index in [1.165, 1.54) is 0 Å². The van der Waals surface area contributed by atoms with E-state index >= 15 is 0 Å². The van der Waals surface area contributed by atoms with Crippen molar-refractivity contribution in [1.82, 2.24) is 0 Å². The summed E-state index contributed by atoms with van der Waals surface area (Å²) in [5.41, 5.74) is 0. The third kappa shape index (κ3) is 2.79. The van der Waals surface area contributed by atoms with Crippen LogP contribution in [0.3, 0.4) is 0 Å². The largest absolute Gasteiger partial charge is 0.462 e. The topological polar surface area (TPSA) is 99.4 Å². The summed E-state index contributed by atoms with van der Waals surface area (Å²) in [6.45, 7) is -0.484. The Labute approximate surface area is 127 Å². The predicted octanol–water partition coefficient (Wildman–Crippen LogP) is 0.0185. The van der Waals surface area contributed by atoms with Gasteiger partial charge in [-0.3, -0.25) is 0 Å². The first-order valence-corrected chi connectivity index (χ1v) is 7.06. The van der Waals surface area contributed by atoms with Crippen molar-refractivity contribution in [1.29, 1.82) is 0 Å². The standard InChI is InChI=1S/C16H18O6/c17-8-12-13(18)14(19)15(20)16(22-12)21-11-6-5-9-3-1-2-4-10(9)7-11/h1-7,12-20H,8H2/t12-,13-,14+,15+,16+/m0/s1. The molecule has 0 bridgehead atoms. The Balaban J connectivity index is 1.80. The van der Waals surface area contributed by atoms with Gasteiger partial charge >= 0.3 is 0 Å². The minimum Gasteiger partial charge on any atom is -0.462 e. The summed E-state index contributed by atoms with van der Waals surface area (Å²) in [4.78, 5) is 0. The lowest BCUT2D eigenvalue weighted by molar-refractivity contribution is -0.277. The lowest BCUT2D eigenvalue weighted by Gasteiger charge is -2.39. The monoisotopic (exact) mass is 306 g/mol. The molecule has 1 saturated heterocycles. The first kappa shape index (κ1) is 15.2. The maximum atomic E-state index is 9.95. The fourth-order valence-electron chi connectivity index (χ4n) is 2.54. The van der Waals surface area contributed by atoms with Gasteiger partial charge in [0, 0.05) is 0 Å². The van der Waals surface area contributed by atoms with Crippen molar-refractivity contribution in [3.8, 4) is 5.75 Å². The molecule has 0 aliphatic carbocycles. The Morgan fingerprint density at radius 3 is 2.36 bits per heavy atom. The number of ether oxygens (including phenoxy) is 2. The lowest BCUT2D eigenvalue weighted by Crippen LogP contribution is -2.60. The number of benzene rings is 2. The highest BCUT2D eigenvalue weighted by atomic mass is 16.7. The van der Waals surface area contributed by atoms with Crippen LogP contribution in [0.2, 0.25) is 0 Å². The summed E-state index contributed by atoms with van der Waals surface area (Å²) in [6, 6.07) is 13.1. The lowest BCUT2D eigenvalue weighted by atomic mass is 9.99. The molecule has 5 atom stereocenters. The summed E-state index contributed by atoms with van der Waals surface area (Å²) in [5.74, 6) is 0.461. The Morgan fingerprint density at radius 2 is 1.64 bits per heavy atom. The minimum atomic E-state index is -1.45. The second kappa shape index (κ2) is 6.20. The van der Waals surface area contributed by atoms with Gasteiger partial charge in [0.05, 0.1) is 6.61 Å². The third-order valence-corrected chi connectivity index (χ3v) is 3.82. The maximum absolute atomic E-state index is 9.95. The van der Waals surface area contributed by atoms with Crippen molar-refractivity contribution in [3.05, 3.63) is 42.5 Å². The molecule has 3 rings (SSSR count). The number of hydrogen-bond donors (Lipinski definition) is 4. The smallest absolute Gasteiger partial charge is 0.229 e. The molecule has 4 N–H and O–H groups in total. The van der Waals surface area contributed by atoms with Crippen molar-refractivity contribution in [2.75, 3.05) is 6.61 Å². The van der Waals surface area contributed by atoms with Crippen LogP contribution in [0.25, 0.3) is 10.8 Å². The molecular formula is C16H18O6. The van der Waals surface area contributed by atoms with E-state index in [4.69, 9.17) is 14.6 Å². The van der Waals surface area contributed by atoms with Gasteiger partial charge in [0.25, 0.3) is 0 Å². The van der Waals surface area contributed by atoms with Crippen LogP contribution < -0.4 is 4.74 Å². The summed E-state index contributed by atoms with van der Waals surface area (Å²) in [5, 5.41) is 40.6. The van der Waals surface area contributed by atoms with Gasteiger partial charge < -0.3 is 29.9 Å². The fraction of sp³-hybridized carbons (Fsp3) is 0.375. The Morgan fingerprint density at radius 1 is 0.909 bits per heavy atom. The van der Waals surface area contributed by atoms with Gasteiger partial charge in [0.15, 0.2) is 0 Å². The average molecular weight is 306 g/mol. The van der Waals surface area contributed by atoms with Crippen molar-refractivity contribution < 1.29 is 29.9 Å². The number of fused-ring (bicyclic) bond motifs is 1. The molecule has 2 aromatic carbocycles. The number of aliphatic hydroxyl groups excluding tert-OH is 4. The number of aliphatic hydroxyl groups is 4. The highest BCUT2D eigenvalue weighted by molar-refractivity contribution is 5.83. The third-order valence-electron chi connectivity index (χ3n) is 3.82. The molecule has 0 radical (unpaired) electrons. The quantitative estimate of drug-likeness (QED) is 0.638. The molecular weight excluding hydrogens is 288 g/mol. The SMILES string of the molecule is OC[C@@H]1O[C@@H](Oc2ccc3ccccc3c2)[C@H](O)[C@H](O)[C@H]1O. The van der Waals surface area contributed by atoms with Crippen LogP contribution in [0.5, 0.6) is 5.75 Å². The fourth-order valence-corrected chi connectivity index (χ4v) is 2.54. The van der Waals surface area contributed by atoms with Crippen LogP contribution in [0, 0.1) is 0 Å². The van der Waals surface area contributed by atoms with E-state index < -0.39 is 37.3 Å². The molecule has 1 heterocycles. The van der Waals surface area contributed by atoms with Gasteiger partial charge in [0.1, 0.15) is 30.2 Å². The van der Waals surface area contributed by atoms with Gasteiger partial charge in [-0.25, -0.2) is 0 Å². The van der Waals surface area contributed by atoms with Crippen molar-refractivity contribution in [3.63, 3.8) is 0 Å². The van der Waals surface area contributed by atoms with Gasteiger partial charge in [-0.1, -0.05) is 30.3 Å². The zero-order valence-corrected chi connectivity index (χ0v) is 11.7. The maximum Gasteiger partial charge on any atom is 0.229 e. The zero-order chi connectivity index (χ0) is 15.7. The Bertz CT molecular complexity index is 643. The highest BCUT2D eigenvalue weighted by Crippen LogP contribution is 2.26. The first-order valence-electron chi connectivity index (χ1n) is 7.06. The molecule has 0 aromatic heterocycles. The molecule has 2 aromatic rings. The Kier molecular flexibility index (Phi) is 4.28. The molecule has 0 spiro atoms. The highest BCUT2D eigenvalue weighted by Gasteiger charge is 2.44. The molecule has 6 nitrogen and oxygen atoms in total. The van der Waals surface area contributed by atoms with E-state index in [0.29, 0.717) is 5.75 Å². The molecule has 1 aliphatic rings. The summed E-state index contributed by atoms with van der Waals surface area (Å²) in [7, 11) is 0. The van der Waals surface area contributed by atoms with E-state index in [1.807, 2.05) is 30.3 Å². The number of rotatable bonds is 3. The molecule has 6 heteroatoms. The van der Waals surface area contributed by atoms with Crippen molar-refractivity contribution in [2.24, 2.45) is 0 Å². The second-order valence-corrected chi connectivity index (χ2v) is 5.32. The van der Waals surface area contributed by atoms with Crippen LogP contribution in [-0.4, -0.2) is 57.7 Å². The average Bonchev–Trinajstić information content (AvgIpc) is 2.55. The van der Waals surface area contributed by atoms with E-state index in [-0.39, 0.29) is 0 Å². The number of hydrogen-bond acceptors (Lipinski definition) is 6. The van der Waals surface area contributed by atoms with Crippen molar-refractivity contribution >= 4 is 10.8 Å². The van der Waals surface area contributed by atoms with E-state index in [1.54, 1.807) is 12.1 Å². The molecule has 0 amide bonds. The zero-order valence-electron chi connectivity index (χ0n) is 11.7. The second-order valence-electron chi connectivity index (χ2n) is 5.32. The molecule has 1 fully saturated rings. The van der Waals surface area contributed by atoms with Crippen LogP contribution >= 0.6 is 0 Å². The van der Waals surface area contributed by atoms with Gasteiger partial charge in [0.2, 0.25) is 6.29 Å². The molecule has 118 valence electrons. The van der Waals surface area contributed by atoms with Gasteiger partial charge in [-0.15, -0.1) is 0 Å². The molecule has 22 heavy (non-hydrogen) atoms. The molecule has 0 unspecified atom stereocenters. The predicted molar refractivity (Wildman–Crippen MR) is 78.3 cm³/mol. The minimum absolute atomic E-state index is 0.461.